The predicted octanol–water partition coefficient (Wildman–Crippen LogP) is 3.72. The molecule has 0 bridgehead atoms. The second-order valence-electron chi connectivity index (χ2n) is 4.71. The molecule has 0 aliphatic rings. The number of benzene rings is 1. The Balaban J connectivity index is 2.43. The number of carbonyl (C=O) groups excluding carboxylic acids is 1. The number of carbonyl (C=O) groups is 1. The van der Waals surface area contributed by atoms with Crippen LogP contribution in [0.15, 0.2) is 24.3 Å². The Morgan fingerprint density at radius 2 is 1.95 bits per heavy atom. The van der Waals surface area contributed by atoms with Gasteiger partial charge in [-0.15, -0.1) is 0 Å². The van der Waals surface area contributed by atoms with Gasteiger partial charge in [-0.05, 0) is 17.5 Å². The van der Waals surface area contributed by atoms with Crippen LogP contribution in [0, 0.1) is 0 Å². The van der Waals surface area contributed by atoms with Gasteiger partial charge in [0, 0.05) is 5.69 Å². The predicted molar refractivity (Wildman–Crippen MR) is 70.7 cm³/mol. The summed E-state index contributed by atoms with van der Waals surface area (Å²) >= 11 is 0. The number of hydrogen-bond acceptors (Lipinski definition) is 2. The average molecular weight is 289 g/mol. The molecule has 0 aromatic heterocycles. The molecule has 0 saturated carbocycles. The smallest absolute Gasteiger partial charge is 0.372 e. The van der Waals surface area contributed by atoms with Gasteiger partial charge in [0.2, 0.25) is 5.91 Å². The van der Waals surface area contributed by atoms with Crippen molar-refractivity contribution in [1.29, 1.82) is 0 Å². The Labute approximate surface area is 116 Å². The van der Waals surface area contributed by atoms with Crippen molar-refractivity contribution in [3.63, 3.8) is 0 Å². The minimum atomic E-state index is -4.36. The molecule has 1 aromatic rings. The SMILES string of the molecule is CC(C)c1ccccc1NC(=O)CCOCC(F)(F)F. The molecule has 0 aliphatic heterocycles. The molecule has 3 nitrogen and oxygen atoms in total. The van der Waals surface area contributed by atoms with E-state index in [4.69, 9.17) is 0 Å². The zero-order valence-corrected chi connectivity index (χ0v) is 11.5. The fourth-order valence-electron chi connectivity index (χ4n) is 1.68. The summed E-state index contributed by atoms with van der Waals surface area (Å²) < 4.78 is 39.9. The Hall–Kier alpha value is -1.56. The van der Waals surface area contributed by atoms with E-state index in [9.17, 15) is 18.0 Å². The van der Waals surface area contributed by atoms with Gasteiger partial charge in [0.05, 0.1) is 13.0 Å². The Morgan fingerprint density at radius 1 is 1.30 bits per heavy atom. The highest BCUT2D eigenvalue weighted by Crippen LogP contribution is 2.23. The van der Waals surface area contributed by atoms with Crippen LogP contribution < -0.4 is 5.32 Å². The van der Waals surface area contributed by atoms with Crippen LogP contribution in [0.1, 0.15) is 31.7 Å². The number of ether oxygens (including phenoxy) is 1. The third kappa shape index (κ3) is 6.06. The van der Waals surface area contributed by atoms with Crippen LogP contribution in [-0.2, 0) is 9.53 Å². The molecule has 1 aromatic carbocycles. The fraction of sp³-hybridized carbons (Fsp3) is 0.500. The van der Waals surface area contributed by atoms with Crippen LogP contribution in [0.4, 0.5) is 18.9 Å². The van der Waals surface area contributed by atoms with Gasteiger partial charge in [0.25, 0.3) is 0 Å². The van der Waals surface area contributed by atoms with Gasteiger partial charge in [-0.3, -0.25) is 4.79 Å². The molecule has 20 heavy (non-hydrogen) atoms. The first-order valence-electron chi connectivity index (χ1n) is 6.33. The molecule has 6 heteroatoms. The summed E-state index contributed by atoms with van der Waals surface area (Å²) in [7, 11) is 0. The van der Waals surface area contributed by atoms with Crippen molar-refractivity contribution in [3.05, 3.63) is 29.8 Å². The van der Waals surface area contributed by atoms with Gasteiger partial charge in [-0.25, -0.2) is 0 Å². The number of hydrogen-bond donors (Lipinski definition) is 1. The zero-order valence-electron chi connectivity index (χ0n) is 11.5. The van der Waals surface area contributed by atoms with Crippen LogP contribution in [0.2, 0.25) is 0 Å². The highest BCUT2D eigenvalue weighted by Gasteiger charge is 2.27. The molecule has 0 spiro atoms. The van der Waals surface area contributed by atoms with Crippen molar-refractivity contribution in [1.82, 2.24) is 0 Å². The maximum atomic E-state index is 11.8. The second kappa shape index (κ2) is 7.28. The maximum Gasteiger partial charge on any atom is 0.411 e. The van der Waals surface area contributed by atoms with Gasteiger partial charge in [0.15, 0.2) is 0 Å². The molecular formula is C14H18F3NO2. The minimum absolute atomic E-state index is 0.109. The lowest BCUT2D eigenvalue weighted by atomic mass is 10.0. The summed E-state index contributed by atoms with van der Waals surface area (Å²) in [4.78, 5) is 11.6. The van der Waals surface area contributed by atoms with E-state index in [1.165, 1.54) is 0 Å². The van der Waals surface area contributed by atoms with E-state index in [-0.39, 0.29) is 24.9 Å². The van der Waals surface area contributed by atoms with E-state index in [2.05, 4.69) is 10.1 Å². The summed E-state index contributed by atoms with van der Waals surface area (Å²) in [6, 6.07) is 7.34. The lowest BCUT2D eigenvalue weighted by Crippen LogP contribution is -2.20. The van der Waals surface area contributed by atoms with Crippen molar-refractivity contribution in [2.75, 3.05) is 18.5 Å². The summed E-state index contributed by atoms with van der Waals surface area (Å²) in [5, 5.41) is 2.69. The number of amides is 1. The lowest BCUT2D eigenvalue weighted by molar-refractivity contribution is -0.174. The highest BCUT2D eigenvalue weighted by atomic mass is 19.4. The number of para-hydroxylation sites is 1. The molecule has 0 unspecified atom stereocenters. The molecule has 0 atom stereocenters. The number of halogens is 3. The molecule has 0 fully saturated rings. The van der Waals surface area contributed by atoms with Crippen molar-refractivity contribution in [2.24, 2.45) is 0 Å². The van der Waals surface area contributed by atoms with E-state index in [0.717, 1.165) is 5.56 Å². The van der Waals surface area contributed by atoms with Crippen LogP contribution in [0.5, 0.6) is 0 Å². The van der Waals surface area contributed by atoms with Crippen molar-refractivity contribution < 1.29 is 22.7 Å². The van der Waals surface area contributed by atoms with Crippen LogP contribution in [0.25, 0.3) is 0 Å². The Bertz CT molecular complexity index is 444. The monoisotopic (exact) mass is 289 g/mol. The van der Waals surface area contributed by atoms with Crippen LogP contribution in [-0.4, -0.2) is 25.3 Å². The van der Waals surface area contributed by atoms with Crippen molar-refractivity contribution >= 4 is 11.6 Å². The number of alkyl halides is 3. The number of anilines is 1. The minimum Gasteiger partial charge on any atom is -0.372 e. The van der Waals surface area contributed by atoms with E-state index in [1.54, 1.807) is 12.1 Å². The van der Waals surface area contributed by atoms with Gasteiger partial charge in [-0.2, -0.15) is 13.2 Å². The second-order valence-corrected chi connectivity index (χ2v) is 4.71. The quantitative estimate of drug-likeness (QED) is 0.811. The highest BCUT2D eigenvalue weighted by molar-refractivity contribution is 5.91. The summed E-state index contributed by atoms with van der Waals surface area (Å²) in [5.74, 6) is -0.117. The first-order chi connectivity index (χ1) is 9.29. The topological polar surface area (TPSA) is 38.3 Å². The molecule has 0 aliphatic carbocycles. The normalized spacial score (nSPS) is 11.7. The molecule has 0 saturated heterocycles. The third-order valence-electron chi connectivity index (χ3n) is 2.60. The van der Waals surface area contributed by atoms with Crippen molar-refractivity contribution in [2.45, 2.75) is 32.4 Å². The largest absolute Gasteiger partial charge is 0.411 e. The molecule has 1 amide bonds. The fourth-order valence-corrected chi connectivity index (χ4v) is 1.68. The summed E-state index contributed by atoms with van der Waals surface area (Å²) in [6.07, 6.45) is -4.47. The van der Waals surface area contributed by atoms with E-state index >= 15 is 0 Å². The summed E-state index contributed by atoms with van der Waals surface area (Å²) in [6.45, 7) is 2.41. The molecule has 1 rings (SSSR count). The summed E-state index contributed by atoms with van der Waals surface area (Å²) in [5.41, 5.74) is 1.67. The zero-order chi connectivity index (χ0) is 15.2. The third-order valence-corrected chi connectivity index (χ3v) is 2.60. The molecule has 0 heterocycles. The van der Waals surface area contributed by atoms with Crippen LogP contribution >= 0.6 is 0 Å². The Kier molecular flexibility index (Phi) is 6.01. The van der Waals surface area contributed by atoms with Gasteiger partial charge in [-0.1, -0.05) is 32.0 Å². The first-order valence-corrected chi connectivity index (χ1v) is 6.33. The van der Waals surface area contributed by atoms with E-state index in [0.29, 0.717) is 5.69 Å². The standard InChI is InChI=1S/C14H18F3NO2/c1-10(2)11-5-3-4-6-12(11)18-13(19)7-8-20-9-14(15,16)17/h3-6,10H,7-9H2,1-2H3,(H,18,19). The number of nitrogens with one attached hydrogen (secondary N) is 1. The van der Waals surface area contributed by atoms with Crippen molar-refractivity contribution in [3.8, 4) is 0 Å². The van der Waals surface area contributed by atoms with E-state index < -0.39 is 12.8 Å². The van der Waals surface area contributed by atoms with Gasteiger partial charge < -0.3 is 10.1 Å². The Morgan fingerprint density at radius 3 is 2.55 bits per heavy atom. The van der Waals surface area contributed by atoms with Crippen LogP contribution in [0.3, 0.4) is 0 Å². The number of rotatable bonds is 6. The molecule has 0 radical (unpaired) electrons. The molecule has 112 valence electrons. The average Bonchev–Trinajstić information content (AvgIpc) is 2.34. The first kappa shape index (κ1) is 16.5. The van der Waals surface area contributed by atoms with E-state index in [1.807, 2.05) is 26.0 Å². The van der Waals surface area contributed by atoms with Gasteiger partial charge in [0.1, 0.15) is 6.61 Å². The van der Waals surface area contributed by atoms with Gasteiger partial charge >= 0.3 is 6.18 Å². The lowest BCUT2D eigenvalue weighted by Gasteiger charge is -2.13. The molecule has 1 N–H and O–H groups in total. The maximum absolute atomic E-state index is 11.8. The molecular weight excluding hydrogens is 271 g/mol.